The number of benzene rings is 1. The minimum atomic E-state index is -0.610. The van der Waals surface area contributed by atoms with Crippen molar-refractivity contribution in [1.29, 1.82) is 0 Å². The van der Waals surface area contributed by atoms with Gasteiger partial charge in [0.15, 0.2) is 5.82 Å². The minimum Gasteiger partial charge on any atom is -0.331 e. The molecule has 1 fully saturated rings. The first kappa shape index (κ1) is 15.3. The number of nitrogens with zero attached hydrogens (tertiary/aromatic N) is 3. The molecule has 2 aliphatic rings. The molecule has 3 heterocycles. The fourth-order valence-electron chi connectivity index (χ4n) is 3.95. The second-order valence-electron chi connectivity index (χ2n) is 6.85. The summed E-state index contributed by atoms with van der Waals surface area (Å²) in [5.41, 5.74) is 2.01. The third kappa shape index (κ3) is 1.87. The molecular weight excluding hydrogens is 336 g/mol. The number of rotatable bonds is 1. The molecule has 0 radical (unpaired) electrons. The van der Waals surface area contributed by atoms with Gasteiger partial charge in [-0.2, -0.15) is 4.39 Å². The third-order valence-corrected chi connectivity index (χ3v) is 5.53. The predicted octanol–water partition coefficient (Wildman–Crippen LogP) is 3.89. The molecule has 1 aliphatic heterocycles. The van der Waals surface area contributed by atoms with Gasteiger partial charge in [0, 0.05) is 36.1 Å². The van der Waals surface area contributed by atoms with Gasteiger partial charge in [0.1, 0.15) is 5.69 Å². The molecule has 4 nitrogen and oxygen atoms in total. The van der Waals surface area contributed by atoms with Crippen LogP contribution in [0, 0.1) is 11.8 Å². The van der Waals surface area contributed by atoms with Crippen LogP contribution in [0.4, 0.5) is 8.78 Å². The van der Waals surface area contributed by atoms with Crippen LogP contribution in [0.25, 0.3) is 16.8 Å². The Morgan fingerprint density at radius 3 is 2.62 bits per heavy atom. The Labute approximate surface area is 148 Å². The first-order valence-electron chi connectivity index (χ1n) is 8.44. The highest BCUT2D eigenvalue weighted by Gasteiger charge is 2.53. The number of hydrogen-bond donors (Lipinski definition) is 0. The number of amides is 1. The molecule has 0 saturated heterocycles. The molecule has 2 aromatic heterocycles. The molecular formula is C20H15F2N3O. The van der Waals surface area contributed by atoms with E-state index in [2.05, 4.69) is 4.98 Å². The van der Waals surface area contributed by atoms with E-state index < -0.39 is 17.3 Å². The predicted molar refractivity (Wildman–Crippen MR) is 91.9 cm³/mol. The zero-order valence-electron chi connectivity index (χ0n) is 14.0. The van der Waals surface area contributed by atoms with Crippen LogP contribution >= 0.6 is 0 Å². The van der Waals surface area contributed by atoms with Gasteiger partial charge in [0.25, 0.3) is 5.91 Å². The molecule has 6 heteroatoms. The van der Waals surface area contributed by atoms with Gasteiger partial charge in [0.2, 0.25) is 5.95 Å². The van der Waals surface area contributed by atoms with E-state index in [0.29, 0.717) is 22.5 Å². The summed E-state index contributed by atoms with van der Waals surface area (Å²) < 4.78 is 30.4. The van der Waals surface area contributed by atoms with E-state index in [1.54, 1.807) is 40.9 Å². The lowest BCUT2D eigenvalue weighted by Crippen LogP contribution is -2.36. The van der Waals surface area contributed by atoms with Gasteiger partial charge in [-0.05, 0) is 37.1 Å². The number of pyridine rings is 1. The summed E-state index contributed by atoms with van der Waals surface area (Å²) in [6.07, 6.45) is 4.64. The highest BCUT2D eigenvalue weighted by Crippen LogP contribution is 2.54. The maximum atomic E-state index is 15.6. The Morgan fingerprint density at radius 1 is 1.12 bits per heavy atom. The van der Waals surface area contributed by atoms with E-state index in [1.165, 1.54) is 18.3 Å². The fraction of sp³-hybridized carbons (Fsp3) is 0.200. The highest BCUT2D eigenvalue weighted by molar-refractivity contribution is 5.95. The van der Waals surface area contributed by atoms with E-state index in [1.807, 2.05) is 6.07 Å². The average molecular weight is 351 g/mol. The number of halogens is 2. The zero-order chi connectivity index (χ0) is 18.1. The van der Waals surface area contributed by atoms with Gasteiger partial charge in [-0.15, -0.1) is 0 Å². The van der Waals surface area contributed by atoms with Gasteiger partial charge in [-0.1, -0.05) is 12.1 Å². The summed E-state index contributed by atoms with van der Waals surface area (Å²) in [5, 5.41) is 0. The summed E-state index contributed by atoms with van der Waals surface area (Å²) in [6.45, 7) is 0. The number of carbonyl (C=O) groups is 1. The van der Waals surface area contributed by atoms with Crippen LogP contribution in [-0.2, 0) is 5.54 Å². The topological polar surface area (TPSA) is 38.1 Å². The van der Waals surface area contributed by atoms with E-state index in [4.69, 9.17) is 0 Å². The Balaban J connectivity index is 1.81. The van der Waals surface area contributed by atoms with Crippen LogP contribution in [0.3, 0.4) is 0 Å². The average Bonchev–Trinajstić information content (AvgIpc) is 3.32. The first-order valence-corrected chi connectivity index (χ1v) is 8.44. The van der Waals surface area contributed by atoms with Gasteiger partial charge in [0.05, 0.1) is 11.2 Å². The van der Waals surface area contributed by atoms with Crippen LogP contribution in [0.5, 0.6) is 0 Å². The van der Waals surface area contributed by atoms with Gasteiger partial charge in [-0.3, -0.25) is 4.79 Å². The highest BCUT2D eigenvalue weighted by atomic mass is 19.1. The van der Waals surface area contributed by atoms with Crippen LogP contribution in [0.15, 0.2) is 48.8 Å². The monoisotopic (exact) mass is 351 g/mol. The van der Waals surface area contributed by atoms with E-state index in [0.717, 1.165) is 18.4 Å². The molecule has 1 aromatic carbocycles. The molecule has 0 atom stereocenters. The smallest absolute Gasteiger partial charge is 0.271 e. The number of fused-ring (bicyclic) bond motifs is 4. The molecule has 5 rings (SSSR count). The Bertz CT molecular complexity index is 1050. The van der Waals surface area contributed by atoms with Crippen molar-refractivity contribution < 1.29 is 13.6 Å². The third-order valence-electron chi connectivity index (χ3n) is 5.53. The number of aromatic nitrogens is 2. The van der Waals surface area contributed by atoms with Gasteiger partial charge in [-0.25, -0.2) is 9.37 Å². The van der Waals surface area contributed by atoms with Gasteiger partial charge >= 0.3 is 0 Å². The van der Waals surface area contributed by atoms with Crippen LogP contribution in [-0.4, -0.2) is 27.4 Å². The summed E-state index contributed by atoms with van der Waals surface area (Å²) >= 11 is 0. The normalized spacial score (nSPS) is 17.0. The summed E-state index contributed by atoms with van der Waals surface area (Å²) in [4.78, 5) is 18.2. The Hall–Kier alpha value is -3.02. The Kier molecular flexibility index (Phi) is 2.93. The number of carbonyl (C=O) groups excluding carboxylic acids is 1. The van der Waals surface area contributed by atoms with E-state index in [-0.39, 0.29) is 5.91 Å². The lowest BCUT2D eigenvalue weighted by Gasteiger charge is -2.27. The van der Waals surface area contributed by atoms with E-state index in [9.17, 15) is 9.18 Å². The largest absolute Gasteiger partial charge is 0.331 e. The molecule has 0 bridgehead atoms. The second-order valence-corrected chi connectivity index (χ2v) is 6.85. The standard InChI is InChI=1S/C20H15F2N3O/c1-24-19(26)15-3-2-10-25(15)18-14(20(24)8-9-20)6-5-13(17(18)22)12-4-7-16(21)23-11-12/h2-7,10-11H,8-9H2,1H3. The van der Waals surface area contributed by atoms with E-state index >= 15 is 4.39 Å². The van der Waals surface area contributed by atoms with Crippen molar-refractivity contribution in [2.45, 2.75) is 18.4 Å². The molecule has 1 saturated carbocycles. The molecule has 26 heavy (non-hydrogen) atoms. The van der Waals surface area contributed by atoms with Crippen LogP contribution in [0.2, 0.25) is 0 Å². The van der Waals surface area contributed by atoms with Crippen LogP contribution < -0.4 is 0 Å². The molecule has 1 amide bonds. The summed E-state index contributed by atoms with van der Waals surface area (Å²) in [7, 11) is 1.78. The van der Waals surface area contributed by atoms with Crippen molar-refractivity contribution in [2.24, 2.45) is 0 Å². The second kappa shape index (κ2) is 5.00. The molecule has 1 aliphatic carbocycles. The van der Waals surface area contributed by atoms with Crippen molar-refractivity contribution in [3.05, 3.63) is 71.8 Å². The van der Waals surface area contributed by atoms with Crippen molar-refractivity contribution in [2.75, 3.05) is 7.05 Å². The van der Waals surface area contributed by atoms with Crippen molar-refractivity contribution in [3.63, 3.8) is 0 Å². The minimum absolute atomic E-state index is 0.118. The molecule has 0 unspecified atom stereocenters. The molecule has 0 N–H and O–H groups in total. The zero-order valence-corrected chi connectivity index (χ0v) is 14.0. The summed E-state index contributed by atoms with van der Waals surface area (Å²) in [5.74, 6) is -1.16. The number of hydrogen-bond acceptors (Lipinski definition) is 2. The molecule has 130 valence electrons. The maximum Gasteiger partial charge on any atom is 0.271 e. The first-order chi connectivity index (χ1) is 12.5. The van der Waals surface area contributed by atoms with Crippen LogP contribution in [0.1, 0.15) is 28.9 Å². The molecule has 1 spiro atoms. The van der Waals surface area contributed by atoms with Crippen molar-refractivity contribution in [3.8, 4) is 16.8 Å². The summed E-state index contributed by atoms with van der Waals surface area (Å²) in [6, 6.07) is 9.72. The van der Waals surface area contributed by atoms with Gasteiger partial charge < -0.3 is 9.47 Å². The quantitative estimate of drug-likeness (QED) is 0.624. The maximum absolute atomic E-state index is 15.6. The lowest BCUT2D eigenvalue weighted by molar-refractivity contribution is 0.0705. The SMILES string of the molecule is CN1C(=O)c2cccn2-c2c(ccc(-c3ccc(F)nc3)c2F)C12CC2. The lowest BCUT2D eigenvalue weighted by atomic mass is 9.96. The van der Waals surface area contributed by atoms with Crippen molar-refractivity contribution >= 4 is 5.91 Å². The fourth-order valence-corrected chi connectivity index (χ4v) is 3.95. The van der Waals surface area contributed by atoms with Crippen molar-refractivity contribution in [1.82, 2.24) is 14.5 Å². The molecule has 3 aromatic rings. The Morgan fingerprint density at radius 2 is 1.92 bits per heavy atom.